The molecule has 2 aromatic carbocycles. The second-order valence-electron chi connectivity index (χ2n) is 4.52. The van der Waals surface area contributed by atoms with Gasteiger partial charge in [0.25, 0.3) is 5.69 Å². The molecule has 0 fully saturated rings. The van der Waals surface area contributed by atoms with Crippen molar-refractivity contribution in [2.75, 3.05) is 23.9 Å². The number of ether oxygens (including phenoxy) is 1. The Morgan fingerprint density at radius 1 is 1.35 bits per heavy atom. The first-order chi connectivity index (χ1) is 11.0. The van der Waals surface area contributed by atoms with Crippen LogP contribution in [0.15, 0.2) is 47.4 Å². The zero-order chi connectivity index (χ0) is 16.8. The van der Waals surface area contributed by atoms with Gasteiger partial charge in [-0.05, 0) is 18.2 Å². The Labute approximate surface area is 137 Å². The lowest BCUT2D eigenvalue weighted by Gasteiger charge is -2.10. The summed E-state index contributed by atoms with van der Waals surface area (Å²) in [7, 11) is 1.43. The first-order valence-electron chi connectivity index (χ1n) is 6.61. The average Bonchev–Trinajstić information content (AvgIpc) is 2.54. The maximum Gasteiger partial charge on any atom is 0.271 e. The summed E-state index contributed by atoms with van der Waals surface area (Å²) in [5, 5.41) is 13.4. The number of hydrogen-bond donors (Lipinski definition) is 2. The van der Waals surface area contributed by atoms with Crippen molar-refractivity contribution in [3.05, 3.63) is 52.6 Å². The second-order valence-corrected chi connectivity index (χ2v) is 5.53. The first kappa shape index (κ1) is 16.6. The molecule has 0 saturated heterocycles. The molecule has 1 amide bonds. The molecule has 0 saturated carbocycles. The molecular formula is C15H15N3O4S. The van der Waals surface area contributed by atoms with Crippen LogP contribution >= 0.6 is 11.8 Å². The second kappa shape index (κ2) is 7.50. The van der Waals surface area contributed by atoms with Crippen LogP contribution in [-0.4, -0.2) is 23.7 Å². The highest BCUT2D eigenvalue weighted by Gasteiger charge is 2.14. The summed E-state index contributed by atoms with van der Waals surface area (Å²) in [5.41, 5.74) is 6.54. The van der Waals surface area contributed by atoms with E-state index in [9.17, 15) is 14.9 Å². The van der Waals surface area contributed by atoms with Gasteiger partial charge in [0, 0.05) is 22.7 Å². The highest BCUT2D eigenvalue weighted by atomic mass is 32.2. The molecule has 0 aliphatic heterocycles. The Balaban J connectivity index is 2.06. The summed E-state index contributed by atoms with van der Waals surface area (Å²) in [5.74, 6) is 0.172. The molecule has 0 spiro atoms. The molecule has 2 aromatic rings. The number of methoxy groups -OCH3 is 1. The molecule has 0 bridgehead atoms. The Hall–Kier alpha value is -2.74. The van der Waals surface area contributed by atoms with Crippen molar-refractivity contribution < 1.29 is 14.5 Å². The molecule has 3 N–H and O–H groups in total. The summed E-state index contributed by atoms with van der Waals surface area (Å²) in [4.78, 5) is 23.1. The fourth-order valence-corrected chi connectivity index (χ4v) is 2.62. The van der Waals surface area contributed by atoms with Crippen LogP contribution in [0.4, 0.5) is 17.1 Å². The van der Waals surface area contributed by atoms with Gasteiger partial charge in [0.15, 0.2) is 0 Å². The molecule has 0 aliphatic carbocycles. The largest absolute Gasteiger partial charge is 0.495 e. The van der Waals surface area contributed by atoms with E-state index in [1.165, 1.54) is 37.1 Å². The standard InChI is InChI=1S/C15H15N3O4S/c1-22-13-7-6-10(18(20)21)8-12(13)17-15(19)9-23-14-5-3-2-4-11(14)16/h2-8H,9,16H2,1H3,(H,17,19). The van der Waals surface area contributed by atoms with Crippen LogP contribution in [0, 0.1) is 10.1 Å². The Kier molecular flexibility index (Phi) is 5.42. The third-order valence-electron chi connectivity index (χ3n) is 2.95. The van der Waals surface area contributed by atoms with Gasteiger partial charge in [0.05, 0.1) is 23.5 Å². The van der Waals surface area contributed by atoms with Crippen molar-refractivity contribution in [3.63, 3.8) is 0 Å². The van der Waals surface area contributed by atoms with Crippen molar-refractivity contribution >= 4 is 34.7 Å². The monoisotopic (exact) mass is 333 g/mol. The Bertz CT molecular complexity index is 736. The quantitative estimate of drug-likeness (QED) is 0.364. The number of hydrogen-bond acceptors (Lipinski definition) is 6. The molecule has 0 aliphatic rings. The van der Waals surface area contributed by atoms with E-state index in [2.05, 4.69) is 5.32 Å². The number of nitrogens with zero attached hydrogens (tertiary/aromatic N) is 1. The third kappa shape index (κ3) is 4.36. The Morgan fingerprint density at radius 3 is 2.74 bits per heavy atom. The zero-order valence-electron chi connectivity index (χ0n) is 12.3. The number of rotatable bonds is 6. The third-order valence-corrected chi connectivity index (χ3v) is 4.04. The number of benzene rings is 2. The number of thioether (sulfide) groups is 1. The van der Waals surface area contributed by atoms with E-state index in [0.29, 0.717) is 11.4 Å². The number of nitro groups is 1. The summed E-state index contributed by atoms with van der Waals surface area (Å²) in [6.07, 6.45) is 0. The van der Waals surface area contributed by atoms with Gasteiger partial charge >= 0.3 is 0 Å². The zero-order valence-corrected chi connectivity index (χ0v) is 13.1. The predicted octanol–water partition coefficient (Wildman–Crippen LogP) is 2.92. The summed E-state index contributed by atoms with van der Waals surface area (Å²) >= 11 is 1.29. The van der Waals surface area contributed by atoms with Gasteiger partial charge in [0.1, 0.15) is 5.75 Å². The van der Waals surface area contributed by atoms with Crippen molar-refractivity contribution in [3.8, 4) is 5.75 Å². The maximum absolute atomic E-state index is 12.0. The van der Waals surface area contributed by atoms with Crippen molar-refractivity contribution in [1.29, 1.82) is 0 Å². The lowest BCUT2D eigenvalue weighted by Crippen LogP contribution is -2.15. The van der Waals surface area contributed by atoms with E-state index < -0.39 is 4.92 Å². The number of anilines is 2. The number of nitro benzene ring substituents is 1. The van der Waals surface area contributed by atoms with Gasteiger partial charge in [0.2, 0.25) is 5.91 Å². The summed E-state index contributed by atoms with van der Waals surface area (Å²) < 4.78 is 5.10. The molecule has 8 heteroatoms. The molecule has 0 heterocycles. The van der Waals surface area contributed by atoms with Crippen LogP contribution in [0.5, 0.6) is 5.75 Å². The molecular weight excluding hydrogens is 318 g/mol. The van der Waals surface area contributed by atoms with E-state index in [-0.39, 0.29) is 23.0 Å². The van der Waals surface area contributed by atoms with Gasteiger partial charge < -0.3 is 15.8 Å². The van der Waals surface area contributed by atoms with Crippen LogP contribution in [0.1, 0.15) is 0 Å². The van der Waals surface area contributed by atoms with Crippen LogP contribution in [0.2, 0.25) is 0 Å². The molecule has 23 heavy (non-hydrogen) atoms. The van der Waals surface area contributed by atoms with E-state index in [4.69, 9.17) is 10.5 Å². The first-order valence-corrected chi connectivity index (χ1v) is 7.59. The molecule has 0 aromatic heterocycles. The van der Waals surface area contributed by atoms with Gasteiger partial charge in [-0.15, -0.1) is 11.8 Å². The van der Waals surface area contributed by atoms with E-state index in [1.807, 2.05) is 18.2 Å². The van der Waals surface area contributed by atoms with Crippen molar-refractivity contribution in [1.82, 2.24) is 0 Å². The van der Waals surface area contributed by atoms with Gasteiger partial charge in [-0.25, -0.2) is 0 Å². The van der Waals surface area contributed by atoms with Crippen molar-refractivity contribution in [2.24, 2.45) is 0 Å². The molecule has 0 atom stereocenters. The average molecular weight is 333 g/mol. The minimum atomic E-state index is -0.533. The number of nitrogen functional groups attached to an aromatic ring is 1. The topological polar surface area (TPSA) is 107 Å². The molecule has 0 unspecified atom stereocenters. The molecule has 2 rings (SSSR count). The highest BCUT2D eigenvalue weighted by Crippen LogP contribution is 2.29. The van der Waals surface area contributed by atoms with E-state index >= 15 is 0 Å². The molecule has 0 radical (unpaired) electrons. The number of nitrogens with two attached hydrogens (primary N) is 1. The van der Waals surface area contributed by atoms with Crippen LogP contribution in [0.25, 0.3) is 0 Å². The van der Waals surface area contributed by atoms with Crippen molar-refractivity contribution in [2.45, 2.75) is 4.90 Å². The fraction of sp³-hybridized carbons (Fsp3) is 0.133. The minimum absolute atomic E-state index is 0.124. The number of para-hydroxylation sites is 1. The number of carbonyl (C=O) groups is 1. The normalized spacial score (nSPS) is 10.1. The van der Waals surface area contributed by atoms with Gasteiger partial charge in [-0.3, -0.25) is 14.9 Å². The highest BCUT2D eigenvalue weighted by molar-refractivity contribution is 8.00. The van der Waals surface area contributed by atoms with Crippen LogP contribution < -0.4 is 15.8 Å². The minimum Gasteiger partial charge on any atom is -0.495 e. The Morgan fingerprint density at radius 2 is 2.09 bits per heavy atom. The maximum atomic E-state index is 12.0. The predicted molar refractivity (Wildman–Crippen MR) is 89.9 cm³/mol. The SMILES string of the molecule is COc1ccc([N+](=O)[O-])cc1NC(=O)CSc1ccccc1N. The van der Waals surface area contributed by atoms with Gasteiger partial charge in [-0.2, -0.15) is 0 Å². The lowest BCUT2D eigenvalue weighted by atomic mass is 10.2. The number of amides is 1. The summed E-state index contributed by atoms with van der Waals surface area (Å²) in [6, 6.07) is 11.2. The molecule has 7 nitrogen and oxygen atoms in total. The number of carbonyl (C=O) groups excluding carboxylic acids is 1. The van der Waals surface area contributed by atoms with Crippen LogP contribution in [-0.2, 0) is 4.79 Å². The van der Waals surface area contributed by atoms with E-state index in [1.54, 1.807) is 6.07 Å². The fourth-order valence-electron chi connectivity index (χ4n) is 1.85. The van der Waals surface area contributed by atoms with Gasteiger partial charge in [-0.1, -0.05) is 12.1 Å². The summed E-state index contributed by atoms with van der Waals surface area (Å²) in [6.45, 7) is 0. The smallest absolute Gasteiger partial charge is 0.271 e. The van der Waals surface area contributed by atoms with E-state index in [0.717, 1.165) is 4.90 Å². The number of nitrogens with one attached hydrogen (secondary N) is 1. The number of non-ortho nitro benzene ring substituents is 1. The molecule has 120 valence electrons. The van der Waals surface area contributed by atoms with Crippen LogP contribution in [0.3, 0.4) is 0 Å². The lowest BCUT2D eigenvalue weighted by molar-refractivity contribution is -0.384.